The number of nitrogens with one attached hydrogen (secondary N) is 1. The predicted molar refractivity (Wildman–Crippen MR) is 92.4 cm³/mol. The van der Waals surface area contributed by atoms with Crippen LogP contribution in [0.3, 0.4) is 0 Å². The lowest BCUT2D eigenvalue weighted by Gasteiger charge is -2.26. The van der Waals surface area contributed by atoms with E-state index in [4.69, 9.17) is 9.84 Å². The Hall–Kier alpha value is -2.89. The minimum absolute atomic E-state index is 0.0643. The van der Waals surface area contributed by atoms with Crippen molar-refractivity contribution in [2.45, 2.75) is 25.7 Å². The molecular weight excluding hydrogens is 325 g/mol. The first-order valence-electron chi connectivity index (χ1n) is 7.71. The quantitative estimate of drug-likeness (QED) is 0.842. The van der Waals surface area contributed by atoms with Gasteiger partial charge in [0, 0.05) is 11.3 Å². The zero-order valence-corrected chi connectivity index (χ0v) is 14.3. The van der Waals surface area contributed by atoms with Crippen molar-refractivity contribution in [1.29, 1.82) is 0 Å². The highest BCUT2D eigenvalue weighted by Crippen LogP contribution is 2.32. The average Bonchev–Trinajstić information content (AvgIpc) is 2.56. The Bertz CT molecular complexity index is 802. The zero-order valence-electron chi connectivity index (χ0n) is 14.3. The molecule has 0 heterocycles. The van der Waals surface area contributed by atoms with Gasteiger partial charge in [-0.3, -0.25) is 9.59 Å². The second-order valence-corrected chi connectivity index (χ2v) is 6.16. The molecule has 0 atom stereocenters. The molecule has 2 aromatic carbocycles. The summed E-state index contributed by atoms with van der Waals surface area (Å²) in [6.45, 7) is 3.49. The second-order valence-electron chi connectivity index (χ2n) is 6.16. The van der Waals surface area contributed by atoms with Crippen LogP contribution >= 0.6 is 0 Å². The van der Waals surface area contributed by atoms with Gasteiger partial charge < -0.3 is 15.2 Å². The number of hydrogen-bond acceptors (Lipinski definition) is 3. The number of ether oxygens (including phenoxy) is 1. The summed E-state index contributed by atoms with van der Waals surface area (Å²) < 4.78 is 19.3. The molecule has 2 N–H and O–H groups in total. The van der Waals surface area contributed by atoms with E-state index in [1.165, 1.54) is 19.2 Å². The van der Waals surface area contributed by atoms with Gasteiger partial charge in [0.1, 0.15) is 11.6 Å². The molecule has 5 nitrogen and oxygen atoms in total. The van der Waals surface area contributed by atoms with Crippen molar-refractivity contribution < 1.29 is 23.8 Å². The molecule has 2 aromatic rings. The molecule has 2 rings (SSSR count). The van der Waals surface area contributed by atoms with Crippen molar-refractivity contribution in [3.8, 4) is 5.75 Å². The van der Waals surface area contributed by atoms with Crippen molar-refractivity contribution in [2.75, 3.05) is 12.4 Å². The van der Waals surface area contributed by atoms with Gasteiger partial charge in [-0.1, -0.05) is 24.3 Å². The third-order valence-electron chi connectivity index (χ3n) is 4.00. The number of carbonyl (C=O) groups excluding carboxylic acids is 1. The number of benzene rings is 2. The standard InChI is InChI=1S/C19H20FNO4/c1-19(2,14-6-4-5-7-16(14)25-3)18(24)21-13-9-8-12(10-17(22)23)15(20)11-13/h4-9,11H,10H2,1-3H3,(H,21,24)(H,22,23). The van der Waals surface area contributed by atoms with Gasteiger partial charge in [0.15, 0.2) is 0 Å². The molecule has 0 aliphatic carbocycles. The van der Waals surface area contributed by atoms with Crippen LogP contribution in [0.1, 0.15) is 25.0 Å². The monoisotopic (exact) mass is 345 g/mol. The number of aliphatic carboxylic acids is 1. The first-order chi connectivity index (χ1) is 11.8. The van der Waals surface area contributed by atoms with Crippen molar-refractivity contribution in [3.63, 3.8) is 0 Å². The SMILES string of the molecule is COc1ccccc1C(C)(C)C(=O)Nc1ccc(CC(=O)O)c(F)c1. The average molecular weight is 345 g/mol. The van der Waals surface area contributed by atoms with E-state index in [0.717, 1.165) is 6.07 Å². The maximum Gasteiger partial charge on any atom is 0.307 e. The van der Waals surface area contributed by atoms with Gasteiger partial charge in [0.25, 0.3) is 0 Å². The Morgan fingerprint density at radius 3 is 2.48 bits per heavy atom. The van der Waals surface area contributed by atoms with Crippen molar-refractivity contribution in [1.82, 2.24) is 0 Å². The van der Waals surface area contributed by atoms with E-state index in [1.807, 2.05) is 12.1 Å². The molecule has 0 radical (unpaired) electrons. The summed E-state index contributed by atoms with van der Waals surface area (Å²) in [6, 6.07) is 11.2. The van der Waals surface area contributed by atoms with Crippen LogP contribution in [0.4, 0.5) is 10.1 Å². The van der Waals surface area contributed by atoms with Gasteiger partial charge in [-0.25, -0.2) is 4.39 Å². The van der Waals surface area contributed by atoms with E-state index < -0.39 is 23.6 Å². The number of halogens is 1. The van der Waals surface area contributed by atoms with Crippen LogP contribution in [0.15, 0.2) is 42.5 Å². The van der Waals surface area contributed by atoms with Crippen LogP contribution in [-0.4, -0.2) is 24.1 Å². The Kier molecular flexibility index (Phi) is 5.41. The number of methoxy groups -OCH3 is 1. The molecule has 0 bridgehead atoms. The Morgan fingerprint density at radius 1 is 1.20 bits per heavy atom. The smallest absolute Gasteiger partial charge is 0.307 e. The van der Waals surface area contributed by atoms with E-state index in [0.29, 0.717) is 11.3 Å². The van der Waals surface area contributed by atoms with E-state index in [-0.39, 0.29) is 17.2 Å². The summed E-state index contributed by atoms with van der Waals surface area (Å²) in [5, 5.41) is 11.4. The van der Waals surface area contributed by atoms with E-state index in [1.54, 1.807) is 26.0 Å². The maximum absolute atomic E-state index is 14.0. The molecular formula is C19H20FNO4. The number of hydrogen-bond donors (Lipinski definition) is 2. The number of carboxylic acids is 1. The zero-order chi connectivity index (χ0) is 18.6. The summed E-state index contributed by atoms with van der Waals surface area (Å²) in [7, 11) is 1.53. The molecule has 6 heteroatoms. The number of amides is 1. The summed E-state index contributed by atoms with van der Waals surface area (Å²) >= 11 is 0. The van der Waals surface area contributed by atoms with E-state index >= 15 is 0 Å². The summed E-state index contributed by atoms with van der Waals surface area (Å²) in [6.07, 6.45) is -0.410. The first-order valence-corrected chi connectivity index (χ1v) is 7.71. The number of anilines is 1. The molecule has 0 saturated heterocycles. The molecule has 0 fully saturated rings. The van der Waals surface area contributed by atoms with Gasteiger partial charge >= 0.3 is 5.97 Å². The number of rotatable bonds is 6. The fourth-order valence-electron chi connectivity index (χ4n) is 2.50. The maximum atomic E-state index is 14.0. The summed E-state index contributed by atoms with van der Waals surface area (Å²) in [4.78, 5) is 23.4. The topological polar surface area (TPSA) is 75.6 Å². The van der Waals surface area contributed by atoms with Crippen molar-refractivity contribution >= 4 is 17.6 Å². The fourth-order valence-corrected chi connectivity index (χ4v) is 2.50. The van der Waals surface area contributed by atoms with Crippen LogP contribution in [0.25, 0.3) is 0 Å². The lowest BCUT2D eigenvalue weighted by molar-refractivity contribution is -0.136. The molecule has 0 aromatic heterocycles. The molecule has 0 aliphatic heterocycles. The van der Waals surface area contributed by atoms with Gasteiger partial charge in [0.2, 0.25) is 5.91 Å². The van der Waals surface area contributed by atoms with Crippen LogP contribution in [0.2, 0.25) is 0 Å². The Balaban J connectivity index is 2.23. The van der Waals surface area contributed by atoms with Gasteiger partial charge in [-0.15, -0.1) is 0 Å². The van der Waals surface area contributed by atoms with Crippen molar-refractivity contribution in [2.24, 2.45) is 0 Å². The minimum atomic E-state index is -1.12. The highest BCUT2D eigenvalue weighted by Gasteiger charge is 2.32. The lowest BCUT2D eigenvalue weighted by Crippen LogP contribution is -2.35. The lowest BCUT2D eigenvalue weighted by atomic mass is 9.83. The summed E-state index contributed by atoms with van der Waals surface area (Å²) in [5.74, 6) is -1.53. The van der Waals surface area contributed by atoms with Gasteiger partial charge in [0.05, 0.1) is 18.9 Å². The van der Waals surface area contributed by atoms with Crippen molar-refractivity contribution in [3.05, 3.63) is 59.4 Å². The summed E-state index contributed by atoms with van der Waals surface area (Å²) in [5.41, 5.74) is 0.120. The normalized spacial score (nSPS) is 11.0. The molecule has 1 amide bonds. The van der Waals surface area contributed by atoms with Crippen LogP contribution in [0.5, 0.6) is 5.75 Å². The largest absolute Gasteiger partial charge is 0.496 e. The number of para-hydroxylation sites is 1. The van der Waals surface area contributed by atoms with Gasteiger partial charge in [-0.05, 0) is 37.6 Å². The third kappa shape index (κ3) is 4.15. The minimum Gasteiger partial charge on any atom is -0.496 e. The van der Waals surface area contributed by atoms with Gasteiger partial charge in [-0.2, -0.15) is 0 Å². The highest BCUT2D eigenvalue weighted by molar-refractivity contribution is 5.99. The number of carbonyl (C=O) groups is 2. The molecule has 0 spiro atoms. The first kappa shape index (κ1) is 18.4. The predicted octanol–water partition coefficient (Wildman–Crippen LogP) is 3.38. The Morgan fingerprint density at radius 2 is 1.88 bits per heavy atom. The fraction of sp³-hybridized carbons (Fsp3) is 0.263. The van der Waals surface area contributed by atoms with Crippen LogP contribution in [-0.2, 0) is 21.4 Å². The molecule has 0 saturated carbocycles. The van der Waals surface area contributed by atoms with E-state index in [2.05, 4.69) is 5.32 Å². The Labute approximate surface area is 145 Å². The molecule has 0 unspecified atom stereocenters. The second kappa shape index (κ2) is 7.34. The molecule has 132 valence electrons. The third-order valence-corrected chi connectivity index (χ3v) is 4.00. The van der Waals surface area contributed by atoms with E-state index in [9.17, 15) is 14.0 Å². The highest BCUT2D eigenvalue weighted by atomic mass is 19.1. The molecule has 0 aliphatic rings. The molecule has 25 heavy (non-hydrogen) atoms. The van der Waals surface area contributed by atoms with Crippen LogP contribution in [0, 0.1) is 5.82 Å². The number of carboxylic acid groups (broad SMARTS) is 1. The van der Waals surface area contributed by atoms with Crippen LogP contribution < -0.4 is 10.1 Å².